The van der Waals surface area contributed by atoms with E-state index in [0.29, 0.717) is 6.42 Å². The van der Waals surface area contributed by atoms with Gasteiger partial charge >= 0.3 is 11.9 Å². The lowest BCUT2D eigenvalue weighted by Gasteiger charge is -2.11. The molecule has 0 aliphatic heterocycles. The van der Waals surface area contributed by atoms with Crippen molar-refractivity contribution in [1.82, 2.24) is 0 Å². The second-order valence-corrected chi connectivity index (χ2v) is 3.64. The first-order valence-corrected chi connectivity index (χ1v) is 5.48. The highest BCUT2D eigenvalue weighted by Gasteiger charge is 2.19. The fourth-order valence-corrected chi connectivity index (χ4v) is 1.37. The van der Waals surface area contributed by atoms with Crippen LogP contribution in [0.4, 0.5) is 0 Å². The van der Waals surface area contributed by atoms with Crippen LogP contribution in [0.15, 0.2) is 0 Å². The second kappa shape index (κ2) is 8.26. The van der Waals surface area contributed by atoms with Gasteiger partial charge in [-0.15, -0.1) is 0 Å². The smallest absolute Gasteiger partial charge is 0.345 e. The third kappa shape index (κ3) is 7.97. The Morgan fingerprint density at radius 3 is 2.27 bits per heavy atom. The molecule has 0 aromatic rings. The molecule has 0 bridgehead atoms. The largest absolute Gasteiger partial charge is 0.479 e. The van der Waals surface area contributed by atoms with Crippen LogP contribution in [0.3, 0.4) is 0 Å². The maximum Gasteiger partial charge on any atom is 0.345 e. The molecule has 4 heteroatoms. The lowest BCUT2D eigenvalue weighted by atomic mass is 10.1. The summed E-state index contributed by atoms with van der Waals surface area (Å²) in [7, 11) is 0. The summed E-state index contributed by atoms with van der Waals surface area (Å²) in [5.74, 6) is -1.59. The summed E-state index contributed by atoms with van der Waals surface area (Å²) in [6, 6.07) is 0. The van der Waals surface area contributed by atoms with E-state index < -0.39 is 18.0 Å². The molecule has 1 atom stereocenters. The van der Waals surface area contributed by atoms with E-state index in [-0.39, 0.29) is 0 Å². The molecule has 0 aromatic heterocycles. The van der Waals surface area contributed by atoms with Gasteiger partial charge in [0.15, 0.2) is 6.10 Å². The van der Waals surface area contributed by atoms with Crippen LogP contribution in [-0.2, 0) is 14.3 Å². The first-order chi connectivity index (χ1) is 7.07. The number of ether oxygens (including phenoxy) is 1. The van der Waals surface area contributed by atoms with E-state index in [1.165, 1.54) is 13.3 Å². The molecule has 0 aliphatic carbocycles. The van der Waals surface area contributed by atoms with Gasteiger partial charge in [0.05, 0.1) is 0 Å². The lowest BCUT2D eigenvalue weighted by Crippen LogP contribution is -2.25. The van der Waals surface area contributed by atoms with Gasteiger partial charge in [0, 0.05) is 6.92 Å². The molecule has 88 valence electrons. The lowest BCUT2D eigenvalue weighted by molar-refractivity contribution is -0.163. The molecule has 0 heterocycles. The predicted octanol–water partition coefficient (Wildman–Crippen LogP) is 2.36. The molecule has 0 rings (SSSR count). The van der Waals surface area contributed by atoms with Crippen molar-refractivity contribution >= 4 is 11.9 Å². The van der Waals surface area contributed by atoms with Crippen molar-refractivity contribution in [3.8, 4) is 0 Å². The van der Waals surface area contributed by atoms with Crippen LogP contribution in [0.25, 0.3) is 0 Å². The molecule has 0 amide bonds. The van der Waals surface area contributed by atoms with Gasteiger partial charge in [-0.1, -0.05) is 32.6 Å². The van der Waals surface area contributed by atoms with Crippen LogP contribution >= 0.6 is 0 Å². The average molecular weight is 216 g/mol. The normalized spacial score (nSPS) is 12.1. The van der Waals surface area contributed by atoms with E-state index in [0.717, 1.165) is 25.7 Å². The zero-order valence-corrected chi connectivity index (χ0v) is 9.49. The maximum atomic E-state index is 10.7. The summed E-state index contributed by atoms with van der Waals surface area (Å²) in [5, 5.41) is 8.75. The summed E-state index contributed by atoms with van der Waals surface area (Å²) in [6.07, 6.45) is 4.69. The fourth-order valence-electron chi connectivity index (χ4n) is 1.37. The molecule has 0 aliphatic rings. The average Bonchev–Trinajstić information content (AvgIpc) is 2.15. The number of carboxylic acid groups (broad SMARTS) is 1. The minimum atomic E-state index is -1.05. The number of aliphatic carboxylic acids is 1. The fraction of sp³-hybridized carbons (Fsp3) is 0.818. The van der Waals surface area contributed by atoms with Crippen molar-refractivity contribution in [2.45, 2.75) is 58.5 Å². The van der Waals surface area contributed by atoms with E-state index in [2.05, 4.69) is 11.7 Å². The van der Waals surface area contributed by atoms with Crippen molar-refractivity contribution in [3.05, 3.63) is 0 Å². The molecule has 15 heavy (non-hydrogen) atoms. The van der Waals surface area contributed by atoms with Crippen LogP contribution < -0.4 is 0 Å². The molecule has 0 radical (unpaired) electrons. The first-order valence-electron chi connectivity index (χ1n) is 5.48. The van der Waals surface area contributed by atoms with Gasteiger partial charge in [0.25, 0.3) is 0 Å². The van der Waals surface area contributed by atoms with Gasteiger partial charge in [-0.3, -0.25) is 4.79 Å². The molecule has 0 saturated heterocycles. The summed E-state index contributed by atoms with van der Waals surface area (Å²) >= 11 is 0. The number of carbonyl (C=O) groups is 2. The molecule has 1 N–H and O–H groups in total. The molecule has 0 fully saturated rings. The molecule has 4 nitrogen and oxygen atoms in total. The number of rotatable bonds is 8. The summed E-state index contributed by atoms with van der Waals surface area (Å²) in [5.41, 5.74) is 0. The predicted molar refractivity (Wildman–Crippen MR) is 56.6 cm³/mol. The Morgan fingerprint density at radius 1 is 1.20 bits per heavy atom. The van der Waals surface area contributed by atoms with Gasteiger partial charge in [0.1, 0.15) is 0 Å². The number of hydrogen-bond donors (Lipinski definition) is 1. The molecular weight excluding hydrogens is 196 g/mol. The van der Waals surface area contributed by atoms with Crippen LogP contribution in [-0.4, -0.2) is 23.1 Å². The number of carboxylic acids is 1. The van der Waals surface area contributed by atoms with Crippen molar-refractivity contribution in [1.29, 1.82) is 0 Å². The number of carbonyl (C=O) groups excluding carboxylic acids is 1. The standard InChI is InChI=1S/C11H20O4/c1-3-4-5-6-7-8-10(11(13)14)15-9(2)12/h10H,3-8H2,1-2H3,(H,13,14)/t10-/m1/s1. The van der Waals surface area contributed by atoms with Crippen molar-refractivity contribution in [2.24, 2.45) is 0 Å². The summed E-state index contributed by atoms with van der Waals surface area (Å²) in [4.78, 5) is 21.3. The Hall–Kier alpha value is -1.06. The van der Waals surface area contributed by atoms with Crippen LogP contribution in [0.1, 0.15) is 52.4 Å². The van der Waals surface area contributed by atoms with Gasteiger partial charge in [-0.25, -0.2) is 4.79 Å². The molecule has 0 saturated carbocycles. The zero-order chi connectivity index (χ0) is 11.7. The topological polar surface area (TPSA) is 63.6 Å². The first kappa shape index (κ1) is 13.9. The van der Waals surface area contributed by atoms with Gasteiger partial charge < -0.3 is 9.84 Å². The minimum Gasteiger partial charge on any atom is -0.479 e. The van der Waals surface area contributed by atoms with Gasteiger partial charge in [-0.05, 0) is 12.8 Å². The molecular formula is C11H20O4. The Labute approximate surface area is 90.6 Å². The Bertz CT molecular complexity index is 201. The number of esters is 1. The number of unbranched alkanes of at least 4 members (excludes halogenated alkanes) is 4. The second-order valence-electron chi connectivity index (χ2n) is 3.64. The monoisotopic (exact) mass is 216 g/mol. The molecule has 0 spiro atoms. The van der Waals surface area contributed by atoms with Crippen molar-refractivity contribution < 1.29 is 19.4 Å². The van der Waals surface area contributed by atoms with Crippen LogP contribution in [0.5, 0.6) is 0 Å². The Balaban J connectivity index is 3.67. The number of hydrogen-bond acceptors (Lipinski definition) is 3. The third-order valence-electron chi connectivity index (χ3n) is 2.15. The summed E-state index contributed by atoms with van der Waals surface area (Å²) < 4.78 is 4.68. The van der Waals surface area contributed by atoms with E-state index in [1.807, 2.05) is 0 Å². The minimum absolute atomic E-state index is 0.415. The van der Waals surface area contributed by atoms with Crippen LogP contribution in [0, 0.1) is 0 Å². The summed E-state index contributed by atoms with van der Waals surface area (Å²) in [6.45, 7) is 3.35. The van der Waals surface area contributed by atoms with E-state index in [4.69, 9.17) is 5.11 Å². The van der Waals surface area contributed by atoms with E-state index in [9.17, 15) is 9.59 Å². The highest BCUT2D eigenvalue weighted by atomic mass is 16.6. The van der Waals surface area contributed by atoms with E-state index >= 15 is 0 Å². The SMILES string of the molecule is CCCCCCC[C@@H](OC(C)=O)C(=O)O. The highest BCUT2D eigenvalue weighted by molar-refractivity contribution is 5.76. The van der Waals surface area contributed by atoms with Crippen LogP contribution in [0.2, 0.25) is 0 Å². The van der Waals surface area contributed by atoms with Gasteiger partial charge in [-0.2, -0.15) is 0 Å². The quantitative estimate of drug-likeness (QED) is 0.499. The Morgan fingerprint density at radius 2 is 1.80 bits per heavy atom. The third-order valence-corrected chi connectivity index (χ3v) is 2.15. The van der Waals surface area contributed by atoms with E-state index in [1.54, 1.807) is 0 Å². The maximum absolute atomic E-state index is 10.7. The highest BCUT2D eigenvalue weighted by Crippen LogP contribution is 2.09. The molecule has 0 unspecified atom stereocenters. The molecule has 0 aromatic carbocycles. The van der Waals surface area contributed by atoms with Crippen molar-refractivity contribution in [3.63, 3.8) is 0 Å². The zero-order valence-electron chi connectivity index (χ0n) is 9.49. The van der Waals surface area contributed by atoms with Gasteiger partial charge in [0.2, 0.25) is 0 Å². The Kier molecular flexibility index (Phi) is 7.68. The van der Waals surface area contributed by atoms with Crippen molar-refractivity contribution in [2.75, 3.05) is 0 Å².